The summed E-state index contributed by atoms with van der Waals surface area (Å²) in [5.41, 5.74) is 14.0. The van der Waals surface area contributed by atoms with Gasteiger partial charge in [-0.2, -0.15) is 0 Å². The largest absolute Gasteiger partial charge is 0.399 e. The third-order valence-corrected chi connectivity index (χ3v) is 2.81. The second-order valence-electron chi connectivity index (χ2n) is 4.14. The molecule has 82 valence electrons. The van der Waals surface area contributed by atoms with Crippen LogP contribution in [0, 0.1) is 0 Å². The Labute approximate surface area is 89.5 Å². The van der Waals surface area contributed by atoms with Crippen molar-refractivity contribution in [1.29, 1.82) is 0 Å². The number of rotatable bonds is 2. The van der Waals surface area contributed by atoms with E-state index in [2.05, 4.69) is 4.90 Å². The lowest BCUT2D eigenvalue weighted by Gasteiger charge is -2.16. The normalized spacial score (nSPS) is 22.1. The Morgan fingerprint density at radius 3 is 2.80 bits per heavy atom. The van der Waals surface area contributed by atoms with E-state index in [1.807, 2.05) is 12.1 Å². The van der Waals surface area contributed by atoms with Gasteiger partial charge in [0.1, 0.15) is 0 Å². The van der Waals surface area contributed by atoms with Crippen molar-refractivity contribution >= 4 is 11.4 Å². The monoisotopic (exact) mass is 207 g/mol. The Kier molecular flexibility index (Phi) is 2.79. The lowest BCUT2D eigenvalue weighted by molar-refractivity contribution is 0.175. The summed E-state index contributed by atoms with van der Waals surface area (Å²) in [5, 5.41) is 9.40. The van der Waals surface area contributed by atoms with Crippen molar-refractivity contribution in [3.8, 4) is 0 Å². The van der Waals surface area contributed by atoms with Crippen molar-refractivity contribution in [2.45, 2.75) is 19.1 Å². The zero-order chi connectivity index (χ0) is 10.8. The number of aliphatic hydroxyl groups excluding tert-OH is 1. The van der Waals surface area contributed by atoms with Crippen LogP contribution < -0.4 is 11.5 Å². The Balaban J connectivity index is 2.04. The molecular weight excluding hydrogens is 190 g/mol. The van der Waals surface area contributed by atoms with Gasteiger partial charge in [-0.1, -0.05) is 6.07 Å². The van der Waals surface area contributed by atoms with Gasteiger partial charge < -0.3 is 16.6 Å². The summed E-state index contributed by atoms with van der Waals surface area (Å²) in [6.07, 6.45) is 0.675. The second kappa shape index (κ2) is 4.08. The molecule has 1 aromatic rings. The predicted molar refractivity (Wildman–Crippen MR) is 61.2 cm³/mol. The van der Waals surface area contributed by atoms with Gasteiger partial charge >= 0.3 is 0 Å². The molecule has 2 rings (SSSR count). The number of hydrogen-bond donors (Lipinski definition) is 3. The van der Waals surface area contributed by atoms with Crippen molar-refractivity contribution in [3.05, 3.63) is 23.8 Å². The van der Waals surface area contributed by atoms with Crippen LogP contribution in [0.25, 0.3) is 0 Å². The van der Waals surface area contributed by atoms with Crippen LogP contribution in [0.3, 0.4) is 0 Å². The lowest BCUT2D eigenvalue weighted by atomic mass is 10.1. The first-order chi connectivity index (χ1) is 7.15. The Bertz CT molecular complexity index is 354. The van der Waals surface area contributed by atoms with Crippen LogP contribution in [0.5, 0.6) is 0 Å². The maximum absolute atomic E-state index is 9.40. The van der Waals surface area contributed by atoms with Gasteiger partial charge in [0.05, 0.1) is 6.10 Å². The molecule has 0 amide bonds. The summed E-state index contributed by atoms with van der Waals surface area (Å²) in [6.45, 7) is 2.47. The van der Waals surface area contributed by atoms with Gasteiger partial charge in [-0.3, -0.25) is 4.90 Å². The van der Waals surface area contributed by atoms with Crippen LogP contribution in [-0.4, -0.2) is 29.2 Å². The van der Waals surface area contributed by atoms with Crippen LogP contribution in [-0.2, 0) is 6.54 Å². The van der Waals surface area contributed by atoms with Gasteiger partial charge in [0.15, 0.2) is 0 Å². The molecule has 1 aromatic carbocycles. The maximum atomic E-state index is 9.40. The quantitative estimate of drug-likeness (QED) is 0.614. The summed E-state index contributed by atoms with van der Waals surface area (Å²) < 4.78 is 0. The summed E-state index contributed by atoms with van der Waals surface area (Å²) in [7, 11) is 0. The van der Waals surface area contributed by atoms with Crippen LogP contribution in [0.2, 0.25) is 0 Å². The van der Waals surface area contributed by atoms with E-state index in [9.17, 15) is 5.11 Å². The van der Waals surface area contributed by atoms with Gasteiger partial charge in [-0.05, 0) is 24.1 Å². The minimum atomic E-state index is -0.181. The summed E-state index contributed by atoms with van der Waals surface area (Å²) in [5.74, 6) is 0. The van der Waals surface area contributed by atoms with Gasteiger partial charge in [0, 0.05) is 31.0 Å². The molecule has 4 nitrogen and oxygen atoms in total. The number of likely N-dealkylation sites (tertiary alicyclic amines) is 1. The van der Waals surface area contributed by atoms with Gasteiger partial charge in [0.2, 0.25) is 0 Å². The molecule has 1 unspecified atom stereocenters. The molecule has 0 saturated carbocycles. The molecule has 15 heavy (non-hydrogen) atoms. The molecule has 4 heteroatoms. The number of benzene rings is 1. The molecular formula is C11H17N3O. The number of nitrogens with zero attached hydrogens (tertiary/aromatic N) is 1. The molecule has 1 heterocycles. The van der Waals surface area contributed by atoms with Crippen LogP contribution >= 0.6 is 0 Å². The van der Waals surface area contributed by atoms with E-state index in [1.165, 1.54) is 0 Å². The van der Waals surface area contributed by atoms with Gasteiger partial charge in [0.25, 0.3) is 0 Å². The zero-order valence-electron chi connectivity index (χ0n) is 8.69. The third kappa shape index (κ3) is 2.40. The number of β-amino-alcohol motifs (C(OH)–C–C–N with tert-alkyl or cyclic N) is 1. The molecule has 0 aliphatic carbocycles. The maximum Gasteiger partial charge on any atom is 0.0679 e. The molecule has 0 spiro atoms. The molecule has 0 bridgehead atoms. The van der Waals surface area contributed by atoms with E-state index in [4.69, 9.17) is 11.5 Å². The molecule has 1 fully saturated rings. The molecule has 0 aromatic heterocycles. The van der Waals surface area contributed by atoms with Crippen LogP contribution in [0.15, 0.2) is 18.2 Å². The van der Waals surface area contributed by atoms with Gasteiger partial charge in [-0.15, -0.1) is 0 Å². The number of aliphatic hydroxyl groups is 1. The average molecular weight is 207 g/mol. The zero-order valence-corrected chi connectivity index (χ0v) is 8.69. The Hall–Kier alpha value is -1.26. The van der Waals surface area contributed by atoms with Gasteiger partial charge in [-0.25, -0.2) is 0 Å². The lowest BCUT2D eigenvalue weighted by Crippen LogP contribution is -2.22. The number of nitrogen functional groups attached to an aromatic ring is 2. The highest BCUT2D eigenvalue weighted by Gasteiger charge is 2.20. The number of anilines is 2. The first kappa shape index (κ1) is 10.3. The highest BCUT2D eigenvalue weighted by Crippen LogP contribution is 2.20. The minimum Gasteiger partial charge on any atom is -0.399 e. The Morgan fingerprint density at radius 2 is 2.20 bits per heavy atom. The molecule has 1 saturated heterocycles. The predicted octanol–water partition coefficient (Wildman–Crippen LogP) is 0.418. The van der Waals surface area contributed by atoms with E-state index >= 15 is 0 Å². The fourth-order valence-corrected chi connectivity index (χ4v) is 1.95. The standard InChI is InChI=1S/C11H17N3O/c12-9-2-1-8(11(13)5-9)6-14-4-3-10(15)7-14/h1-2,5,10,15H,3-4,6-7,12-13H2. The fourth-order valence-electron chi connectivity index (χ4n) is 1.95. The summed E-state index contributed by atoms with van der Waals surface area (Å²) in [6, 6.07) is 5.59. The highest BCUT2D eigenvalue weighted by molar-refractivity contribution is 5.56. The summed E-state index contributed by atoms with van der Waals surface area (Å²) >= 11 is 0. The van der Waals surface area contributed by atoms with Crippen molar-refractivity contribution in [1.82, 2.24) is 4.90 Å². The van der Waals surface area contributed by atoms with E-state index < -0.39 is 0 Å². The number of nitrogens with two attached hydrogens (primary N) is 2. The van der Waals surface area contributed by atoms with Crippen LogP contribution in [0.1, 0.15) is 12.0 Å². The minimum absolute atomic E-state index is 0.181. The SMILES string of the molecule is Nc1ccc(CN2CCC(O)C2)c(N)c1. The van der Waals surface area contributed by atoms with Crippen molar-refractivity contribution < 1.29 is 5.11 Å². The topological polar surface area (TPSA) is 75.5 Å². The number of hydrogen-bond acceptors (Lipinski definition) is 4. The van der Waals surface area contributed by atoms with Crippen molar-refractivity contribution in [3.63, 3.8) is 0 Å². The average Bonchev–Trinajstić information content (AvgIpc) is 2.56. The molecule has 0 radical (unpaired) electrons. The first-order valence-electron chi connectivity index (χ1n) is 5.19. The smallest absolute Gasteiger partial charge is 0.0679 e. The van der Waals surface area contributed by atoms with E-state index in [0.717, 1.165) is 37.3 Å². The first-order valence-corrected chi connectivity index (χ1v) is 5.19. The second-order valence-corrected chi connectivity index (χ2v) is 4.14. The van der Waals surface area contributed by atoms with E-state index in [-0.39, 0.29) is 6.10 Å². The molecule has 1 aliphatic heterocycles. The van der Waals surface area contributed by atoms with Crippen LogP contribution in [0.4, 0.5) is 11.4 Å². The fraction of sp³-hybridized carbons (Fsp3) is 0.455. The van der Waals surface area contributed by atoms with Crippen molar-refractivity contribution in [2.75, 3.05) is 24.6 Å². The third-order valence-electron chi connectivity index (χ3n) is 2.81. The van der Waals surface area contributed by atoms with E-state index in [1.54, 1.807) is 6.07 Å². The molecule has 1 atom stereocenters. The van der Waals surface area contributed by atoms with Crippen molar-refractivity contribution in [2.24, 2.45) is 0 Å². The summed E-state index contributed by atoms with van der Waals surface area (Å²) in [4.78, 5) is 2.20. The Morgan fingerprint density at radius 1 is 1.40 bits per heavy atom. The molecule has 1 aliphatic rings. The molecule has 5 N–H and O–H groups in total. The highest BCUT2D eigenvalue weighted by atomic mass is 16.3. The van der Waals surface area contributed by atoms with E-state index in [0.29, 0.717) is 5.69 Å².